The molecule has 0 saturated heterocycles. The van der Waals surface area contributed by atoms with E-state index < -0.39 is 0 Å². The Morgan fingerprint density at radius 2 is 2.25 bits per heavy atom. The summed E-state index contributed by atoms with van der Waals surface area (Å²) < 4.78 is 0. The minimum absolute atomic E-state index is 0.0375. The predicted octanol–water partition coefficient (Wildman–Crippen LogP) is 1.24. The SMILES string of the molecule is C=C/C=C(\N=C)NC(=O)C1CC1. The normalized spacial score (nSPS) is 16.8. The molecule has 0 aromatic rings. The summed E-state index contributed by atoms with van der Waals surface area (Å²) in [6.45, 7) is 6.83. The van der Waals surface area contributed by atoms with Crippen LogP contribution in [0.3, 0.4) is 0 Å². The Morgan fingerprint density at radius 3 is 2.67 bits per heavy atom. The van der Waals surface area contributed by atoms with E-state index in [1.807, 2.05) is 0 Å². The molecule has 1 saturated carbocycles. The lowest BCUT2D eigenvalue weighted by molar-refractivity contribution is -0.121. The van der Waals surface area contributed by atoms with Crippen molar-refractivity contribution in [1.29, 1.82) is 0 Å². The molecule has 0 unspecified atom stereocenters. The fraction of sp³-hybridized carbons (Fsp3) is 0.333. The summed E-state index contributed by atoms with van der Waals surface area (Å²) in [5.41, 5.74) is 0. The van der Waals surface area contributed by atoms with E-state index in [4.69, 9.17) is 0 Å². The molecule has 0 spiro atoms. The van der Waals surface area contributed by atoms with E-state index in [0.29, 0.717) is 5.82 Å². The van der Waals surface area contributed by atoms with Crippen molar-refractivity contribution in [2.75, 3.05) is 0 Å². The largest absolute Gasteiger partial charge is 0.310 e. The number of hydrogen-bond donors (Lipinski definition) is 1. The standard InChI is InChI=1S/C9H12N2O/c1-3-4-8(10-2)11-9(12)7-5-6-7/h3-4,7H,1-2,5-6H2,(H,11,12)/b8-4+. The smallest absolute Gasteiger partial charge is 0.228 e. The molecule has 1 amide bonds. The first-order chi connectivity index (χ1) is 5.77. The third kappa shape index (κ3) is 2.34. The van der Waals surface area contributed by atoms with Crippen molar-refractivity contribution in [1.82, 2.24) is 5.32 Å². The van der Waals surface area contributed by atoms with Crippen molar-refractivity contribution >= 4 is 12.6 Å². The number of carbonyl (C=O) groups excluding carboxylic acids is 1. The lowest BCUT2D eigenvalue weighted by atomic mass is 10.4. The zero-order chi connectivity index (χ0) is 8.97. The maximum atomic E-state index is 11.2. The highest BCUT2D eigenvalue weighted by Gasteiger charge is 2.29. The second-order valence-electron chi connectivity index (χ2n) is 2.71. The molecule has 3 heteroatoms. The number of rotatable bonds is 4. The highest BCUT2D eigenvalue weighted by molar-refractivity contribution is 5.82. The van der Waals surface area contributed by atoms with Gasteiger partial charge in [-0.3, -0.25) is 4.79 Å². The minimum atomic E-state index is 0.0375. The lowest BCUT2D eigenvalue weighted by Crippen LogP contribution is -2.23. The molecule has 0 aliphatic heterocycles. The highest BCUT2D eigenvalue weighted by Crippen LogP contribution is 2.28. The Balaban J connectivity index is 2.45. The summed E-state index contributed by atoms with van der Waals surface area (Å²) in [4.78, 5) is 14.8. The molecule has 1 fully saturated rings. The molecule has 1 rings (SSSR count). The van der Waals surface area contributed by atoms with Gasteiger partial charge in [-0.25, -0.2) is 4.99 Å². The van der Waals surface area contributed by atoms with Crippen LogP contribution >= 0.6 is 0 Å². The van der Waals surface area contributed by atoms with Crippen molar-refractivity contribution in [3.63, 3.8) is 0 Å². The van der Waals surface area contributed by atoms with Crippen LogP contribution in [0, 0.1) is 5.92 Å². The number of carbonyl (C=O) groups is 1. The first kappa shape index (κ1) is 8.71. The van der Waals surface area contributed by atoms with Gasteiger partial charge in [-0.15, -0.1) is 0 Å². The van der Waals surface area contributed by atoms with Gasteiger partial charge in [0.15, 0.2) is 0 Å². The first-order valence-electron chi connectivity index (χ1n) is 3.88. The minimum Gasteiger partial charge on any atom is -0.310 e. The molecular weight excluding hydrogens is 152 g/mol. The van der Waals surface area contributed by atoms with Gasteiger partial charge in [-0.2, -0.15) is 0 Å². The van der Waals surface area contributed by atoms with Crippen LogP contribution in [0.5, 0.6) is 0 Å². The Hall–Kier alpha value is -1.38. The molecule has 64 valence electrons. The summed E-state index contributed by atoms with van der Waals surface area (Å²) >= 11 is 0. The molecule has 0 radical (unpaired) electrons. The molecule has 0 aromatic heterocycles. The van der Waals surface area contributed by atoms with Gasteiger partial charge in [0.2, 0.25) is 5.91 Å². The second kappa shape index (κ2) is 3.85. The van der Waals surface area contributed by atoms with E-state index in [0.717, 1.165) is 12.8 Å². The van der Waals surface area contributed by atoms with Crippen LogP contribution in [0.15, 0.2) is 29.5 Å². The summed E-state index contributed by atoms with van der Waals surface area (Å²) in [7, 11) is 0. The average molecular weight is 164 g/mol. The predicted molar refractivity (Wildman–Crippen MR) is 48.7 cm³/mol. The molecule has 3 nitrogen and oxygen atoms in total. The van der Waals surface area contributed by atoms with E-state index in [-0.39, 0.29) is 11.8 Å². The van der Waals surface area contributed by atoms with Crippen LogP contribution < -0.4 is 5.32 Å². The third-order valence-electron chi connectivity index (χ3n) is 1.65. The van der Waals surface area contributed by atoms with E-state index in [1.54, 1.807) is 12.2 Å². The molecule has 0 bridgehead atoms. The van der Waals surface area contributed by atoms with Crippen molar-refractivity contribution in [2.45, 2.75) is 12.8 Å². The van der Waals surface area contributed by atoms with Crippen molar-refractivity contribution in [3.8, 4) is 0 Å². The lowest BCUT2D eigenvalue weighted by Gasteiger charge is -2.01. The first-order valence-corrected chi connectivity index (χ1v) is 3.88. The summed E-state index contributed by atoms with van der Waals surface area (Å²) in [5, 5.41) is 2.65. The molecule has 0 atom stereocenters. The monoisotopic (exact) mass is 164 g/mol. The number of aliphatic imine (C=N–C) groups is 1. The van der Waals surface area contributed by atoms with Crippen molar-refractivity contribution in [2.24, 2.45) is 10.9 Å². The quantitative estimate of drug-likeness (QED) is 0.493. The van der Waals surface area contributed by atoms with E-state index >= 15 is 0 Å². The molecule has 0 heterocycles. The summed E-state index contributed by atoms with van der Waals surface area (Å²) in [5.74, 6) is 0.706. The van der Waals surface area contributed by atoms with Crippen LogP contribution in [0.4, 0.5) is 0 Å². The van der Waals surface area contributed by atoms with Crippen LogP contribution in [0.25, 0.3) is 0 Å². The van der Waals surface area contributed by atoms with E-state index in [2.05, 4.69) is 23.6 Å². The Bertz CT molecular complexity index is 239. The zero-order valence-corrected chi connectivity index (χ0v) is 6.92. The number of nitrogens with zero attached hydrogens (tertiary/aromatic N) is 1. The Morgan fingerprint density at radius 1 is 1.58 bits per heavy atom. The Kier molecular flexibility index (Phi) is 2.80. The maximum Gasteiger partial charge on any atom is 0.228 e. The summed E-state index contributed by atoms with van der Waals surface area (Å²) in [6.07, 6.45) is 5.17. The molecule has 1 N–H and O–H groups in total. The topological polar surface area (TPSA) is 41.5 Å². The van der Waals surface area contributed by atoms with Gasteiger partial charge in [0.05, 0.1) is 0 Å². The highest BCUT2D eigenvalue weighted by atomic mass is 16.2. The summed E-state index contributed by atoms with van der Waals surface area (Å²) in [6, 6.07) is 0. The molecule has 1 aliphatic carbocycles. The Labute approximate surface area is 71.9 Å². The fourth-order valence-electron chi connectivity index (χ4n) is 0.819. The average Bonchev–Trinajstić information content (AvgIpc) is 2.85. The van der Waals surface area contributed by atoms with E-state index in [9.17, 15) is 4.79 Å². The van der Waals surface area contributed by atoms with Gasteiger partial charge < -0.3 is 5.32 Å². The van der Waals surface area contributed by atoms with Crippen LogP contribution in [0.2, 0.25) is 0 Å². The molecule has 0 aromatic carbocycles. The van der Waals surface area contributed by atoms with Gasteiger partial charge in [-0.05, 0) is 25.6 Å². The zero-order valence-electron chi connectivity index (χ0n) is 6.92. The third-order valence-corrected chi connectivity index (χ3v) is 1.65. The van der Waals surface area contributed by atoms with Gasteiger partial charge in [0.25, 0.3) is 0 Å². The molecule has 1 aliphatic rings. The molecule has 12 heavy (non-hydrogen) atoms. The van der Waals surface area contributed by atoms with Gasteiger partial charge >= 0.3 is 0 Å². The maximum absolute atomic E-state index is 11.2. The van der Waals surface area contributed by atoms with Gasteiger partial charge in [0.1, 0.15) is 5.82 Å². The van der Waals surface area contributed by atoms with Crippen molar-refractivity contribution < 1.29 is 4.79 Å². The number of amides is 1. The number of nitrogens with one attached hydrogen (secondary N) is 1. The van der Waals surface area contributed by atoms with E-state index in [1.165, 1.54) is 0 Å². The number of hydrogen-bond acceptors (Lipinski definition) is 2. The van der Waals surface area contributed by atoms with Crippen molar-refractivity contribution in [3.05, 3.63) is 24.6 Å². The van der Waals surface area contributed by atoms with Crippen LogP contribution in [-0.4, -0.2) is 12.6 Å². The fourth-order valence-corrected chi connectivity index (χ4v) is 0.819. The van der Waals surface area contributed by atoms with Crippen LogP contribution in [-0.2, 0) is 4.79 Å². The van der Waals surface area contributed by atoms with Gasteiger partial charge in [0, 0.05) is 5.92 Å². The second-order valence-corrected chi connectivity index (χ2v) is 2.71. The molecular formula is C9H12N2O. The number of allylic oxidation sites excluding steroid dienone is 2. The van der Waals surface area contributed by atoms with Gasteiger partial charge in [-0.1, -0.05) is 12.7 Å². The van der Waals surface area contributed by atoms with Crippen LogP contribution in [0.1, 0.15) is 12.8 Å².